The molecule has 2 N–H and O–H groups in total. The van der Waals surface area contributed by atoms with Gasteiger partial charge in [-0.2, -0.15) is 0 Å². The second-order valence-electron chi connectivity index (χ2n) is 6.90. The Morgan fingerprint density at radius 1 is 1.00 bits per heavy atom. The fourth-order valence-electron chi connectivity index (χ4n) is 3.55. The fraction of sp³-hybridized carbons (Fsp3) is 0.400. The van der Waals surface area contributed by atoms with Gasteiger partial charge in [-0.05, 0) is 28.1 Å². The molecule has 1 aliphatic carbocycles. The monoisotopic (exact) mass is 249 g/mol. The molecule has 0 radical (unpaired) electrons. The number of hydrogen-bond donors (Lipinski definition) is 1. The first-order valence-electron chi connectivity index (χ1n) is 6.95. The molecule has 1 heterocycles. The van der Waals surface area contributed by atoms with Crippen molar-refractivity contribution in [1.29, 1.82) is 0 Å². The zero-order chi connectivity index (χ0) is 14.2. The molecular formula is C10H17B6NO2. The molecule has 19 heavy (non-hydrogen) atoms. The minimum atomic E-state index is -0.570. The zero-order valence-electron chi connectivity index (χ0n) is 12.7. The van der Waals surface area contributed by atoms with Gasteiger partial charge in [0.1, 0.15) is 31.4 Å². The van der Waals surface area contributed by atoms with Crippen molar-refractivity contribution in [3.05, 3.63) is 11.1 Å². The van der Waals surface area contributed by atoms with Gasteiger partial charge in [0, 0.05) is 6.04 Å². The lowest BCUT2D eigenvalue weighted by Crippen LogP contribution is -2.45. The van der Waals surface area contributed by atoms with E-state index in [2.05, 4.69) is 31.4 Å². The summed E-state index contributed by atoms with van der Waals surface area (Å²) in [6.07, 6.45) is 0.923. The van der Waals surface area contributed by atoms with Crippen LogP contribution in [0.4, 0.5) is 0 Å². The Morgan fingerprint density at radius 2 is 1.53 bits per heavy atom. The summed E-state index contributed by atoms with van der Waals surface area (Å²) in [4.78, 5) is 0. The number of rotatable bonds is 0. The second-order valence-corrected chi connectivity index (χ2v) is 6.90. The van der Waals surface area contributed by atoms with Gasteiger partial charge in [-0.1, -0.05) is 5.56 Å². The van der Waals surface area contributed by atoms with Crippen LogP contribution in [0.5, 0.6) is 11.5 Å². The minimum Gasteiger partial charge on any atom is -0.467 e. The van der Waals surface area contributed by atoms with Gasteiger partial charge in [0.15, 0.2) is 32.8 Å². The lowest BCUT2D eigenvalue weighted by Gasteiger charge is -2.27. The standard InChI is InChI=1S/C10H17B6NO2/c11-5-2-1-3(17)9(13,14)4(2)6(12)8-7(5)18-10(15,16)19-8/h3H,1,11-17H2. The van der Waals surface area contributed by atoms with Gasteiger partial charge in [-0.3, -0.25) is 0 Å². The van der Waals surface area contributed by atoms with E-state index in [-0.39, 0.29) is 11.3 Å². The summed E-state index contributed by atoms with van der Waals surface area (Å²) in [6, 6.07) is 0.162. The second kappa shape index (κ2) is 3.63. The van der Waals surface area contributed by atoms with E-state index in [4.69, 9.17) is 15.2 Å². The first kappa shape index (κ1) is 13.2. The lowest BCUT2D eigenvalue weighted by molar-refractivity contribution is 0.0844. The van der Waals surface area contributed by atoms with E-state index < -0.39 is 5.59 Å². The fourth-order valence-corrected chi connectivity index (χ4v) is 3.55. The predicted octanol–water partition coefficient (Wildman–Crippen LogP) is -6.85. The maximum Gasteiger partial charge on any atom is 0.197 e. The number of benzene rings is 1. The van der Waals surface area contributed by atoms with E-state index in [0.29, 0.717) is 0 Å². The largest absolute Gasteiger partial charge is 0.467 e. The van der Waals surface area contributed by atoms with Crippen molar-refractivity contribution in [2.45, 2.75) is 23.3 Å². The molecular weight excluding hydrogens is 231 g/mol. The molecule has 1 unspecified atom stereocenters. The van der Waals surface area contributed by atoms with Crippen LogP contribution in [0.2, 0.25) is 0 Å². The van der Waals surface area contributed by atoms with Crippen molar-refractivity contribution in [3.63, 3.8) is 0 Å². The molecule has 1 aliphatic heterocycles. The van der Waals surface area contributed by atoms with Crippen LogP contribution in [-0.2, 0) is 11.6 Å². The van der Waals surface area contributed by atoms with Crippen LogP contribution in [0, 0.1) is 0 Å². The summed E-state index contributed by atoms with van der Waals surface area (Å²) < 4.78 is 12.0. The predicted molar refractivity (Wildman–Crippen MR) is 94.3 cm³/mol. The van der Waals surface area contributed by atoms with Gasteiger partial charge in [0.25, 0.3) is 0 Å². The summed E-state index contributed by atoms with van der Waals surface area (Å²) in [5.41, 5.74) is 10.9. The first-order chi connectivity index (χ1) is 8.65. The molecule has 1 aromatic carbocycles. The summed E-state index contributed by atoms with van der Waals surface area (Å²) in [5.74, 6) is 1.81. The molecule has 3 rings (SSSR count). The maximum atomic E-state index is 6.33. The van der Waals surface area contributed by atoms with Crippen LogP contribution < -0.4 is 26.1 Å². The smallest absolute Gasteiger partial charge is 0.197 e. The van der Waals surface area contributed by atoms with Crippen molar-refractivity contribution in [2.75, 3.05) is 0 Å². The van der Waals surface area contributed by atoms with Gasteiger partial charge >= 0.3 is 0 Å². The summed E-state index contributed by atoms with van der Waals surface area (Å²) in [5, 5.41) is -0.00466. The summed E-state index contributed by atoms with van der Waals surface area (Å²) in [7, 11) is 12.6. The van der Waals surface area contributed by atoms with Gasteiger partial charge in [0.05, 0.1) is 0 Å². The molecule has 2 aliphatic rings. The molecule has 0 saturated carbocycles. The third-order valence-corrected chi connectivity index (χ3v) is 4.71. The number of fused-ring (bicyclic) bond motifs is 2. The average Bonchev–Trinajstić information content (AvgIpc) is 2.72. The Bertz CT molecular complexity index is 588. The van der Waals surface area contributed by atoms with Crippen molar-refractivity contribution in [1.82, 2.24) is 0 Å². The molecule has 1 aromatic rings. The third kappa shape index (κ3) is 1.63. The van der Waals surface area contributed by atoms with Crippen molar-refractivity contribution in [2.24, 2.45) is 5.73 Å². The van der Waals surface area contributed by atoms with Gasteiger partial charge in [-0.15, -0.1) is 0 Å². The highest BCUT2D eigenvalue weighted by Gasteiger charge is 2.43. The van der Waals surface area contributed by atoms with Crippen molar-refractivity contribution >= 4 is 58.0 Å². The maximum absolute atomic E-state index is 6.33. The summed E-state index contributed by atoms with van der Waals surface area (Å²) >= 11 is 0. The highest BCUT2D eigenvalue weighted by molar-refractivity contribution is 6.48. The topological polar surface area (TPSA) is 44.5 Å². The lowest BCUT2D eigenvalue weighted by atomic mass is 9.48. The van der Waals surface area contributed by atoms with E-state index in [1.165, 1.54) is 22.1 Å². The third-order valence-electron chi connectivity index (χ3n) is 4.71. The molecule has 0 fully saturated rings. The van der Waals surface area contributed by atoms with Gasteiger partial charge in [0.2, 0.25) is 0 Å². The normalized spacial score (nSPS) is 25.2. The Balaban J connectivity index is 2.29. The van der Waals surface area contributed by atoms with Gasteiger partial charge in [-0.25, -0.2) is 0 Å². The zero-order valence-corrected chi connectivity index (χ0v) is 12.7. The van der Waals surface area contributed by atoms with Crippen LogP contribution >= 0.6 is 0 Å². The van der Waals surface area contributed by atoms with Crippen LogP contribution in [0.15, 0.2) is 0 Å². The van der Waals surface area contributed by atoms with Crippen molar-refractivity contribution in [3.8, 4) is 11.5 Å². The van der Waals surface area contributed by atoms with Crippen molar-refractivity contribution < 1.29 is 9.47 Å². The Kier molecular flexibility index (Phi) is 2.52. The number of hydrogen-bond acceptors (Lipinski definition) is 3. The van der Waals surface area contributed by atoms with Gasteiger partial charge < -0.3 is 15.2 Å². The van der Waals surface area contributed by atoms with E-state index in [9.17, 15) is 0 Å². The molecule has 0 aromatic heterocycles. The molecule has 3 nitrogen and oxygen atoms in total. The Labute approximate surface area is 119 Å². The highest BCUT2D eigenvalue weighted by Crippen LogP contribution is 2.41. The van der Waals surface area contributed by atoms with E-state index in [0.717, 1.165) is 17.9 Å². The van der Waals surface area contributed by atoms with E-state index >= 15 is 0 Å². The molecule has 1 atom stereocenters. The first-order valence-corrected chi connectivity index (χ1v) is 6.95. The Morgan fingerprint density at radius 3 is 2.11 bits per heavy atom. The quantitative estimate of drug-likeness (QED) is 0.464. The Hall–Kier alpha value is -0.830. The van der Waals surface area contributed by atoms with E-state index in [1.807, 2.05) is 15.7 Å². The molecule has 92 valence electrons. The summed E-state index contributed by atoms with van der Waals surface area (Å²) in [6.45, 7) is 0. The SMILES string of the molecule is Bc1c2c(c(B)c3c1OC(B)(B)O3)C(B)(B)C(N)C2. The van der Waals surface area contributed by atoms with Crippen LogP contribution in [0.25, 0.3) is 0 Å². The van der Waals surface area contributed by atoms with Crippen LogP contribution in [0.3, 0.4) is 0 Å². The molecule has 0 saturated heterocycles. The molecule has 9 heteroatoms. The van der Waals surface area contributed by atoms with E-state index in [1.54, 1.807) is 0 Å². The molecule has 0 bridgehead atoms. The average molecular weight is 248 g/mol. The minimum absolute atomic E-state index is 0.00466. The highest BCUT2D eigenvalue weighted by atomic mass is 16.7. The van der Waals surface area contributed by atoms with Crippen LogP contribution in [-0.4, -0.2) is 58.7 Å². The number of nitrogens with two attached hydrogens (primary N) is 1. The molecule has 0 amide bonds. The van der Waals surface area contributed by atoms with Crippen LogP contribution in [0.1, 0.15) is 11.1 Å². The number of ether oxygens (including phenoxy) is 2. The molecule has 0 spiro atoms.